The lowest BCUT2D eigenvalue weighted by molar-refractivity contribution is 0.153. The molecule has 0 aromatic heterocycles. The van der Waals surface area contributed by atoms with Crippen LogP contribution in [0.3, 0.4) is 0 Å². The van der Waals surface area contributed by atoms with E-state index in [0.29, 0.717) is 6.04 Å². The van der Waals surface area contributed by atoms with Crippen molar-refractivity contribution in [2.45, 2.75) is 45.2 Å². The van der Waals surface area contributed by atoms with Crippen molar-refractivity contribution in [2.75, 3.05) is 20.6 Å². The lowest BCUT2D eigenvalue weighted by Crippen LogP contribution is -2.43. The van der Waals surface area contributed by atoms with Crippen LogP contribution in [0.4, 0.5) is 0 Å². The van der Waals surface area contributed by atoms with Gasteiger partial charge in [0.25, 0.3) is 0 Å². The molecule has 1 aromatic carbocycles. The van der Waals surface area contributed by atoms with Crippen LogP contribution in [-0.4, -0.2) is 31.6 Å². The Hall–Kier alpha value is -0.380. The minimum Gasteiger partial charge on any atom is -0.317 e. The van der Waals surface area contributed by atoms with Crippen molar-refractivity contribution in [3.63, 3.8) is 0 Å². The third kappa shape index (κ3) is 5.08. The summed E-state index contributed by atoms with van der Waals surface area (Å²) < 4.78 is 1.17. The highest BCUT2D eigenvalue weighted by molar-refractivity contribution is 9.10. The van der Waals surface area contributed by atoms with Crippen molar-refractivity contribution in [2.24, 2.45) is 11.8 Å². The van der Waals surface area contributed by atoms with Crippen LogP contribution in [0.5, 0.6) is 0 Å². The lowest BCUT2D eigenvalue weighted by Gasteiger charge is -2.38. The van der Waals surface area contributed by atoms with Crippen molar-refractivity contribution < 1.29 is 0 Å². The Labute approximate surface area is 138 Å². The summed E-state index contributed by atoms with van der Waals surface area (Å²) in [5, 5.41) is 3.54. The summed E-state index contributed by atoms with van der Waals surface area (Å²) in [4.78, 5) is 2.48. The number of nitrogens with one attached hydrogen (secondary N) is 1. The average molecular weight is 353 g/mol. The second-order valence-corrected chi connectivity index (χ2v) is 7.48. The lowest BCUT2D eigenvalue weighted by atomic mass is 9.76. The molecule has 0 spiro atoms. The van der Waals surface area contributed by atoms with Crippen molar-refractivity contribution in [3.8, 4) is 0 Å². The normalized spacial score (nSPS) is 26.2. The molecular weight excluding hydrogens is 324 g/mol. The van der Waals surface area contributed by atoms with Gasteiger partial charge in [-0.15, -0.1) is 0 Å². The van der Waals surface area contributed by atoms with Crippen LogP contribution in [0, 0.1) is 11.8 Å². The van der Waals surface area contributed by atoms with Crippen LogP contribution >= 0.6 is 15.9 Å². The Kier molecular flexibility index (Phi) is 6.72. The zero-order valence-electron chi connectivity index (χ0n) is 13.6. The molecule has 1 aliphatic carbocycles. The van der Waals surface area contributed by atoms with E-state index in [1.807, 2.05) is 0 Å². The number of hydrogen-bond acceptors (Lipinski definition) is 2. The molecule has 0 saturated heterocycles. The molecule has 0 aliphatic heterocycles. The van der Waals surface area contributed by atoms with E-state index in [9.17, 15) is 0 Å². The predicted molar refractivity (Wildman–Crippen MR) is 94.4 cm³/mol. The van der Waals surface area contributed by atoms with Gasteiger partial charge in [0.2, 0.25) is 0 Å². The number of nitrogens with zero attached hydrogens (tertiary/aromatic N) is 1. The number of rotatable bonds is 6. The Bertz CT molecular complexity index is 435. The average Bonchev–Trinajstić information content (AvgIpc) is 2.47. The summed E-state index contributed by atoms with van der Waals surface area (Å²) in [6.07, 6.45) is 5.45. The van der Waals surface area contributed by atoms with Crippen LogP contribution in [0.1, 0.15) is 38.2 Å². The molecule has 118 valence electrons. The second kappa shape index (κ2) is 8.30. The third-order valence-corrected chi connectivity index (χ3v) is 5.42. The Balaban J connectivity index is 1.91. The first kappa shape index (κ1) is 17.0. The molecule has 3 atom stereocenters. The number of hydrogen-bond donors (Lipinski definition) is 1. The van der Waals surface area contributed by atoms with Gasteiger partial charge in [-0.25, -0.2) is 0 Å². The molecular formula is C18H29BrN2. The van der Waals surface area contributed by atoms with Crippen LogP contribution < -0.4 is 5.32 Å². The van der Waals surface area contributed by atoms with Crippen molar-refractivity contribution in [1.29, 1.82) is 0 Å². The highest BCUT2D eigenvalue weighted by Gasteiger charge is 2.29. The molecule has 21 heavy (non-hydrogen) atoms. The van der Waals surface area contributed by atoms with Gasteiger partial charge in [-0.3, -0.25) is 0 Å². The highest BCUT2D eigenvalue weighted by atomic mass is 79.9. The largest absolute Gasteiger partial charge is 0.317 e. The van der Waals surface area contributed by atoms with E-state index in [1.165, 1.54) is 42.3 Å². The summed E-state index contributed by atoms with van der Waals surface area (Å²) in [6, 6.07) is 9.34. The highest BCUT2D eigenvalue weighted by Crippen LogP contribution is 2.31. The smallest absolute Gasteiger partial charge is 0.0231 e. The summed E-state index contributed by atoms with van der Waals surface area (Å²) in [6.45, 7) is 4.56. The van der Waals surface area contributed by atoms with Crippen LogP contribution in [0.25, 0.3) is 0 Å². The molecule has 1 aliphatic rings. The number of halogens is 1. The zero-order chi connectivity index (χ0) is 15.2. The molecule has 0 bridgehead atoms. The van der Waals surface area contributed by atoms with Crippen molar-refractivity contribution in [1.82, 2.24) is 10.2 Å². The molecule has 0 heterocycles. The topological polar surface area (TPSA) is 15.3 Å². The van der Waals surface area contributed by atoms with Crippen LogP contribution in [-0.2, 0) is 6.54 Å². The third-order valence-electron chi connectivity index (χ3n) is 4.93. The standard InChI is InChI=1S/C18H29BrN2/c1-4-14-8-9-18(20-2)16(10-14)13-21(3)12-15-6-5-7-17(19)11-15/h5-7,11,14,16,18,20H,4,8-10,12-13H2,1-3H3. The van der Waals surface area contributed by atoms with Gasteiger partial charge >= 0.3 is 0 Å². The van der Waals surface area contributed by atoms with E-state index in [-0.39, 0.29) is 0 Å². The van der Waals surface area contributed by atoms with E-state index in [4.69, 9.17) is 0 Å². The van der Waals surface area contributed by atoms with Gasteiger partial charge in [-0.2, -0.15) is 0 Å². The van der Waals surface area contributed by atoms with Gasteiger partial charge in [-0.1, -0.05) is 41.4 Å². The molecule has 1 saturated carbocycles. The maximum Gasteiger partial charge on any atom is 0.0231 e. The van der Waals surface area contributed by atoms with Gasteiger partial charge in [0.1, 0.15) is 0 Å². The zero-order valence-corrected chi connectivity index (χ0v) is 15.2. The Morgan fingerprint density at radius 2 is 2.14 bits per heavy atom. The van der Waals surface area contributed by atoms with Gasteiger partial charge in [0.05, 0.1) is 0 Å². The van der Waals surface area contributed by atoms with Crippen LogP contribution in [0.15, 0.2) is 28.7 Å². The van der Waals surface area contributed by atoms with Crippen molar-refractivity contribution >= 4 is 15.9 Å². The Morgan fingerprint density at radius 1 is 1.33 bits per heavy atom. The molecule has 3 unspecified atom stereocenters. The fourth-order valence-electron chi connectivity index (χ4n) is 3.73. The minimum absolute atomic E-state index is 0.692. The molecule has 2 nitrogen and oxygen atoms in total. The van der Waals surface area contributed by atoms with E-state index < -0.39 is 0 Å². The summed E-state index contributed by atoms with van der Waals surface area (Å²) >= 11 is 3.56. The fourth-order valence-corrected chi connectivity index (χ4v) is 4.17. The summed E-state index contributed by atoms with van der Waals surface area (Å²) in [5.41, 5.74) is 1.38. The van der Waals surface area contributed by atoms with Gasteiger partial charge in [0, 0.05) is 23.6 Å². The molecule has 0 radical (unpaired) electrons. The van der Waals surface area contributed by atoms with E-state index in [0.717, 1.165) is 18.4 Å². The maximum absolute atomic E-state index is 3.56. The quantitative estimate of drug-likeness (QED) is 0.821. The monoisotopic (exact) mass is 352 g/mol. The molecule has 1 fully saturated rings. The number of benzene rings is 1. The molecule has 2 rings (SSSR count). The van der Waals surface area contributed by atoms with E-state index >= 15 is 0 Å². The van der Waals surface area contributed by atoms with E-state index in [1.54, 1.807) is 0 Å². The maximum atomic E-state index is 3.56. The fraction of sp³-hybridized carbons (Fsp3) is 0.667. The Morgan fingerprint density at radius 3 is 2.81 bits per heavy atom. The van der Waals surface area contributed by atoms with E-state index in [2.05, 4.69) is 71.4 Å². The van der Waals surface area contributed by atoms with Gasteiger partial charge in [-0.05, 0) is 62.9 Å². The minimum atomic E-state index is 0.692. The molecule has 1 aromatic rings. The SMILES string of the molecule is CCC1CCC(NC)C(CN(C)Cc2cccc(Br)c2)C1. The summed E-state index contributed by atoms with van der Waals surface area (Å²) in [5.74, 6) is 1.71. The molecule has 1 N–H and O–H groups in total. The van der Waals surface area contributed by atoms with Gasteiger partial charge in [0.15, 0.2) is 0 Å². The first-order valence-corrected chi connectivity index (χ1v) is 9.02. The van der Waals surface area contributed by atoms with Crippen LogP contribution in [0.2, 0.25) is 0 Å². The predicted octanol–water partition coefficient (Wildman–Crippen LogP) is 4.30. The van der Waals surface area contributed by atoms with Gasteiger partial charge < -0.3 is 10.2 Å². The summed E-state index contributed by atoms with van der Waals surface area (Å²) in [7, 11) is 4.38. The second-order valence-electron chi connectivity index (χ2n) is 6.57. The van der Waals surface area contributed by atoms with Crippen molar-refractivity contribution in [3.05, 3.63) is 34.3 Å². The first-order chi connectivity index (χ1) is 10.1. The molecule has 3 heteroatoms. The first-order valence-electron chi connectivity index (χ1n) is 8.22. The molecule has 0 amide bonds.